The molecule has 1 aromatic rings. The standard InChI is InChI=1S/C9H12IN2O5P/c10-3-1-12(9(16)11-7(3)15)8-6(18)5(14)4(2-13)17-8/h1,4-6,8,13-14H,2,18H2,(H,11,15,16)/t4-,5?,6?,8-/m1/s1. The zero-order chi connectivity index (χ0) is 13.4. The third-order valence-corrected chi connectivity index (χ3v) is 4.29. The first kappa shape index (κ1) is 14.1. The number of H-pyrrole nitrogens is 1. The summed E-state index contributed by atoms with van der Waals surface area (Å²) in [5.41, 5.74) is -1.51. The molecule has 0 spiro atoms. The number of aromatic nitrogens is 2. The van der Waals surface area contributed by atoms with Crippen LogP contribution in [0, 0.1) is 3.57 Å². The van der Waals surface area contributed by atoms with Crippen LogP contribution in [0.5, 0.6) is 0 Å². The van der Waals surface area contributed by atoms with Crippen molar-refractivity contribution in [2.24, 2.45) is 0 Å². The smallest absolute Gasteiger partial charge is 0.330 e. The summed E-state index contributed by atoms with van der Waals surface area (Å²) in [6, 6.07) is 0. The summed E-state index contributed by atoms with van der Waals surface area (Å²) in [6.45, 7) is -0.336. The third kappa shape index (κ3) is 2.39. The summed E-state index contributed by atoms with van der Waals surface area (Å²) in [5.74, 6) is 0. The Morgan fingerprint density at radius 1 is 1.56 bits per heavy atom. The number of aliphatic hydroxyl groups is 2. The number of aromatic amines is 1. The highest BCUT2D eigenvalue weighted by molar-refractivity contribution is 14.1. The number of nitrogens with zero attached hydrogens (tertiary/aromatic N) is 1. The Morgan fingerprint density at radius 3 is 2.78 bits per heavy atom. The molecule has 5 atom stereocenters. The minimum Gasteiger partial charge on any atom is -0.394 e. The van der Waals surface area contributed by atoms with Crippen LogP contribution in [0.2, 0.25) is 0 Å². The molecule has 0 radical (unpaired) electrons. The number of nitrogens with one attached hydrogen (secondary N) is 1. The predicted molar refractivity (Wildman–Crippen MR) is 74.5 cm³/mol. The SMILES string of the molecule is O=c1[nH]c(=O)n([C@@H]2O[C@H](CO)C(O)C2P)cc1I. The molecule has 1 aliphatic rings. The summed E-state index contributed by atoms with van der Waals surface area (Å²) in [6.07, 6.45) is -0.994. The van der Waals surface area contributed by atoms with Gasteiger partial charge < -0.3 is 14.9 Å². The highest BCUT2D eigenvalue weighted by atomic mass is 127. The number of ether oxygens (including phenoxy) is 1. The summed E-state index contributed by atoms with van der Waals surface area (Å²) < 4.78 is 6.96. The molecule has 0 bridgehead atoms. The van der Waals surface area contributed by atoms with Crippen LogP contribution in [-0.2, 0) is 4.74 Å². The van der Waals surface area contributed by atoms with E-state index < -0.39 is 35.3 Å². The Kier molecular flexibility index (Phi) is 4.22. The zero-order valence-electron chi connectivity index (χ0n) is 9.12. The molecule has 2 rings (SSSR count). The minimum atomic E-state index is -0.888. The molecule has 0 aromatic carbocycles. The van der Waals surface area contributed by atoms with E-state index in [1.54, 1.807) is 22.6 Å². The second-order valence-corrected chi connectivity index (χ2v) is 5.89. The molecule has 1 aromatic heterocycles. The van der Waals surface area contributed by atoms with Crippen LogP contribution in [-0.4, -0.2) is 44.2 Å². The first-order valence-corrected chi connectivity index (χ1v) is 6.91. The Labute approximate surface area is 118 Å². The van der Waals surface area contributed by atoms with Crippen molar-refractivity contribution in [1.82, 2.24) is 9.55 Å². The van der Waals surface area contributed by atoms with Crippen LogP contribution >= 0.6 is 31.8 Å². The fourth-order valence-electron chi connectivity index (χ4n) is 1.82. The molecule has 1 saturated heterocycles. The lowest BCUT2D eigenvalue weighted by molar-refractivity contribution is -0.0458. The zero-order valence-corrected chi connectivity index (χ0v) is 12.4. The summed E-state index contributed by atoms with van der Waals surface area (Å²) >= 11 is 1.80. The summed E-state index contributed by atoms with van der Waals surface area (Å²) in [7, 11) is 2.39. The van der Waals surface area contributed by atoms with Crippen LogP contribution in [0.25, 0.3) is 0 Å². The fraction of sp³-hybridized carbons (Fsp3) is 0.556. The van der Waals surface area contributed by atoms with Crippen molar-refractivity contribution in [2.45, 2.75) is 24.1 Å². The second kappa shape index (κ2) is 5.38. The van der Waals surface area contributed by atoms with Crippen LogP contribution in [0.1, 0.15) is 6.23 Å². The Bertz CT molecular complexity index is 559. The normalized spacial score (nSPS) is 31.8. The van der Waals surface area contributed by atoms with E-state index in [1.165, 1.54) is 10.8 Å². The lowest BCUT2D eigenvalue weighted by Gasteiger charge is -2.17. The van der Waals surface area contributed by atoms with Gasteiger partial charge in [0.15, 0.2) is 0 Å². The first-order valence-electron chi connectivity index (χ1n) is 5.16. The molecule has 100 valence electrons. The molecule has 18 heavy (non-hydrogen) atoms. The second-order valence-electron chi connectivity index (χ2n) is 3.96. The Morgan fingerprint density at radius 2 is 2.22 bits per heavy atom. The predicted octanol–water partition coefficient (Wildman–Crippen LogP) is -1.36. The topological polar surface area (TPSA) is 105 Å². The van der Waals surface area contributed by atoms with Gasteiger partial charge >= 0.3 is 5.69 Å². The monoisotopic (exact) mass is 386 g/mol. The molecule has 3 unspecified atom stereocenters. The number of rotatable bonds is 2. The Balaban J connectivity index is 2.42. The van der Waals surface area contributed by atoms with E-state index in [-0.39, 0.29) is 6.61 Å². The molecule has 0 amide bonds. The Hall–Kier alpha value is -0.280. The average molecular weight is 386 g/mol. The number of halogens is 1. The first-order chi connectivity index (χ1) is 8.45. The van der Waals surface area contributed by atoms with Gasteiger partial charge in [-0.25, -0.2) is 4.79 Å². The number of hydrogen-bond acceptors (Lipinski definition) is 5. The van der Waals surface area contributed by atoms with Gasteiger partial charge in [-0.15, -0.1) is 9.24 Å². The maximum atomic E-state index is 11.7. The molecule has 1 fully saturated rings. The van der Waals surface area contributed by atoms with Gasteiger partial charge in [0.1, 0.15) is 12.3 Å². The lowest BCUT2D eigenvalue weighted by atomic mass is 10.2. The van der Waals surface area contributed by atoms with Gasteiger partial charge in [0.25, 0.3) is 5.56 Å². The van der Waals surface area contributed by atoms with Crippen molar-refractivity contribution in [3.05, 3.63) is 30.6 Å². The van der Waals surface area contributed by atoms with E-state index in [9.17, 15) is 14.7 Å². The van der Waals surface area contributed by atoms with Crippen LogP contribution in [0.3, 0.4) is 0 Å². The molecular weight excluding hydrogens is 374 g/mol. The largest absolute Gasteiger partial charge is 0.394 e. The molecule has 3 N–H and O–H groups in total. The van der Waals surface area contributed by atoms with Crippen LogP contribution in [0.15, 0.2) is 15.8 Å². The average Bonchev–Trinajstić information content (AvgIpc) is 2.61. The van der Waals surface area contributed by atoms with E-state index in [4.69, 9.17) is 9.84 Å². The molecule has 7 nitrogen and oxygen atoms in total. The van der Waals surface area contributed by atoms with Gasteiger partial charge in [0.05, 0.1) is 16.3 Å². The van der Waals surface area contributed by atoms with E-state index >= 15 is 0 Å². The van der Waals surface area contributed by atoms with E-state index in [2.05, 4.69) is 14.2 Å². The van der Waals surface area contributed by atoms with Crippen molar-refractivity contribution in [1.29, 1.82) is 0 Å². The van der Waals surface area contributed by atoms with Crippen molar-refractivity contribution in [3.63, 3.8) is 0 Å². The van der Waals surface area contributed by atoms with Gasteiger partial charge in [-0.2, -0.15) is 0 Å². The highest BCUT2D eigenvalue weighted by Gasteiger charge is 2.42. The summed E-state index contributed by atoms with van der Waals surface area (Å²) in [4.78, 5) is 25.1. The third-order valence-electron chi connectivity index (χ3n) is 2.80. The van der Waals surface area contributed by atoms with E-state index in [0.717, 1.165) is 0 Å². The molecule has 2 heterocycles. The minimum absolute atomic E-state index is 0.336. The van der Waals surface area contributed by atoms with E-state index in [0.29, 0.717) is 3.57 Å². The fourth-order valence-corrected chi connectivity index (χ4v) is 2.78. The van der Waals surface area contributed by atoms with Gasteiger partial charge in [-0.05, 0) is 22.6 Å². The molecule has 0 saturated carbocycles. The summed E-state index contributed by atoms with van der Waals surface area (Å²) in [5, 5.41) is 18.9. The van der Waals surface area contributed by atoms with Crippen molar-refractivity contribution in [2.75, 3.05) is 6.61 Å². The van der Waals surface area contributed by atoms with Gasteiger partial charge in [-0.1, -0.05) is 0 Å². The van der Waals surface area contributed by atoms with Crippen molar-refractivity contribution < 1.29 is 14.9 Å². The highest BCUT2D eigenvalue weighted by Crippen LogP contribution is 2.33. The maximum Gasteiger partial charge on any atom is 0.330 e. The molecule has 0 aliphatic carbocycles. The van der Waals surface area contributed by atoms with Gasteiger partial charge in [-0.3, -0.25) is 14.3 Å². The van der Waals surface area contributed by atoms with Gasteiger partial charge in [0.2, 0.25) is 0 Å². The molecule has 9 heteroatoms. The van der Waals surface area contributed by atoms with Crippen molar-refractivity contribution >= 4 is 31.8 Å². The number of hydrogen-bond donors (Lipinski definition) is 3. The maximum absolute atomic E-state index is 11.7. The molecule has 1 aliphatic heterocycles. The quantitative estimate of drug-likeness (QED) is 0.430. The van der Waals surface area contributed by atoms with E-state index in [1.807, 2.05) is 0 Å². The van der Waals surface area contributed by atoms with Crippen LogP contribution in [0.4, 0.5) is 0 Å². The lowest BCUT2D eigenvalue weighted by Crippen LogP contribution is -2.36. The number of aliphatic hydroxyl groups excluding tert-OH is 2. The molecular formula is C9H12IN2O5P. The van der Waals surface area contributed by atoms with Crippen LogP contribution < -0.4 is 11.2 Å². The van der Waals surface area contributed by atoms with Gasteiger partial charge in [0, 0.05) is 11.9 Å². The van der Waals surface area contributed by atoms with Crippen molar-refractivity contribution in [3.8, 4) is 0 Å².